The van der Waals surface area contributed by atoms with Crippen molar-refractivity contribution in [3.63, 3.8) is 0 Å². The number of ether oxygens (including phenoxy) is 2. The average molecular weight is 412 g/mol. The van der Waals surface area contributed by atoms with Crippen LogP contribution in [0.25, 0.3) is 0 Å². The second-order valence-electron chi connectivity index (χ2n) is 6.70. The maximum atomic E-state index is 12.6. The van der Waals surface area contributed by atoms with Crippen molar-refractivity contribution in [2.45, 2.75) is 27.2 Å². The van der Waals surface area contributed by atoms with E-state index >= 15 is 0 Å². The lowest BCUT2D eigenvalue weighted by Gasteiger charge is -2.13. The minimum atomic E-state index is -0.580. The Morgan fingerprint density at radius 3 is 2.27 bits per heavy atom. The number of benzene rings is 2. The molecule has 30 heavy (non-hydrogen) atoms. The Morgan fingerprint density at radius 1 is 0.933 bits per heavy atom. The molecular formula is C22H24N2O6. The zero-order valence-corrected chi connectivity index (χ0v) is 17.3. The third-order valence-corrected chi connectivity index (χ3v) is 4.09. The van der Waals surface area contributed by atoms with Gasteiger partial charge in [-0.05, 0) is 31.2 Å². The number of carbonyl (C=O) groups excluding carboxylic acids is 4. The molecule has 0 bridgehead atoms. The summed E-state index contributed by atoms with van der Waals surface area (Å²) in [6.07, 6.45) is -0.0435. The van der Waals surface area contributed by atoms with Crippen LogP contribution >= 0.6 is 0 Å². The number of amides is 2. The van der Waals surface area contributed by atoms with Gasteiger partial charge in [0, 0.05) is 30.7 Å². The van der Waals surface area contributed by atoms with Crippen LogP contribution in [0, 0.1) is 6.92 Å². The topological polar surface area (TPSA) is 111 Å². The predicted octanol–water partition coefficient (Wildman–Crippen LogP) is 2.89. The van der Waals surface area contributed by atoms with Gasteiger partial charge in [0.1, 0.15) is 5.75 Å². The summed E-state index contributed by atoms with van der Waals surface area (Å²) in [6.45, 7) is 4.05. The number of nitrogens with one attached hydrogen (secondary N) is 2. The summed E-state index contributed by atoms with van der Waals surface area (Å²) in [5.41, 5.74) is 2.43. The molecule has 0 atom stereocenters. The van der Waals surface area contributed by atoms with E-state index in [0.717, 1.165) is 5.56 Å². The van der Waals surface area contributed by atoms with Gasteiger partial charge in [0.05, 0.1) is 19.2 Å². The Morgan fingerprint density at radius 2 is 1.63 bits per heavy atom. The number of hydrogen-bond acceptors (Lipinski definition) is 6. The molecule has 0 saturated carbocycles. The van der Waals surface area contributed by atoms with Crippen molar-refractivity contribution < 1.29 is 28.7 Å². The zero-order valence-electron chi connectivity index (χ0n) is 17.3. The average Bonchev–Trinajstić information content (AvgIpc) is 2.65. The summed E-state index contributed by atoms with van der Waals surface area (Å²) < 4.78 is 10.4. The molecule has 0 radical (unpaired) electrons. The molecule has 0 spiro atoms. The van der Waals surface area contributed by atoms with E-state index in [2.05, 4.69) is 10.6 Å². The summed E-state index contributed by atoms with van der Waals surface area (Å²) in [5, 5.41) is 5.13. The van der Waals surface area contributed by atoms with Gasteiger partial charge in [-0.1, -0.05) is 17.7 Å². The molecule has 2 aromatic rings. The van der Waals surface area contributed by atoms with Gasteiger partial charge in [-0.25, -0.2) is 0 Å². The monoisotopic (exact) mass is 412 g/mol. The van der Waals surface area contributed by atoms with Crippen LogP contribution in [-0.2, 0) is 25.5 Å². The molecule has 0 aliphatic heterocycles. The van der Waals surface area contributed by atoms with E-state index < -0.39 is 18.4 Å². The molecule has 2 N–H and O–H groups in total. The molecule has 0 saturated heterocycles. The fourth-order valence-electron chi connectivity index (χ4n) is 2.84. The summed E-state index contributed by atoms with van der Waals surface area (Å²) in [6, 6.07) is 9.90. The fraction of sp³-hybridized carbons (Fsp3) is 0.273. The first kappa shape index (κ1) is 22.6. The van der Waals surface area contributed by atoms with Gasteiger partial charge in [0.25, 0.3) is 0 Å². The van der Waals surface area contributed by atoms with Crippen LogP contribution in [0.5, 0.6) is 5.75 Å². The molecule has 0 heterocycles. The van der Waals surface area contributed by atoms with Crippen LogP contribution in [0.4, 0.5) is 11.4 Å². The summed E-state index contributed by atoms with van der Waals surface area (Å²) in [4.78, 5) is 47.5. The molecule has 8 heteroatoms. The molecule has 0 aromatic heterocycles. The van der Waals surface area contributed by atoms with Crippen LogP contribution < -0.4 is 15.4 Å². The first-order valence-corrected chi connectivity index (χ1v) is 9.21. The third kappa shape index (κ3) is 6.44. The second-order valence-corrected chi connectivity index (χ2v) is 6.70. The Balaban J connectivity index is 2.09. The molecule has 0 aliphatic rings. The smallest absolute Gasteiger partial charge is 0.310 e. The predicted molar refractivity (Wildman–Crippen MR) is 112 cm³/mol. The highest BCUT2D eigenvalue weighted by Crippen LogP contribution is 2.23. The lowest BCUT2D eigenvalue weighted by Crippen LogP contribution is -2.18. The maximum absolute atomic E-state index is 12.6. The molecule has 158 valence electrons. The maximum Gasteiger partial charge on any atom is 0.310 e. The van der Waals surface area contributed by atoms with Gasteiger partial charge in [0.2, 0.25) is 17.6 Å². The summed E-state index contributed by atoms with van der Waals surface area (Å²) in [7, 11) is 1.51. The molecular weight excluding hydrogens is 388 g/mol. The van der Waals surface area contributed by atoms with Crippen LogP contribution in [-0.4, -0.2) is 37.3 Å². The van der Waals surface area contributed by atoms with Crippen molar-refractivity contribution in [3.05, 3.63) is 53.1 Å². The van der Waals surface area contributed by atoms with Crippen LogP contribution in [0.15, 0.2) is 36.4 Å². The minimum Gasteiger partial charge on any atom is -0.496 e. The summed E-state index contributed by atoms with van der Waals surface area (Å²) >= 11 is 0. The normalized spacial score (nSPS) is 10.1. The number of anilines is 2. The minimum absolute atomic E-state index is 0.0435. The van der Waals surface area contributed by atoms with Gasteiger partial charge in [0.15, 0.2) is 6.61 Å². The van der Waals surface area contributed by atoms with E-state index in [1.54, 1.807) is 6.07 Å². The standard InChI is InChI=1S/C22H24N2O6/c1-13-5-8-21(29-4)16(9-13)10-22(28)30-12-20(27)18-7-6-17(23-14(2)25)11-19(18)24-15(3)26/h5-9,11H,10,12H2,1-4H3,(H,23,25)(H,24,26). The van der Waals surface area contributed by atoms with E-state index in [9.17, 15) is 19.2 Å². The SMILES string of the molecule is COc1ccc(C)cc1CC(=O)OCC(=O)c1ccc(NC(C)=O)cc1NC(C)=O. The second kappa shape index (κ2) is 10.2. The number of esters is 1. The van der Waals surface area contributed by atoms with Crippen molar-refractivity contribution in [2.75, 3.05) is 24.4 Å². The van der Waals surface area contributed by atoms with E-state index in [1.807, 2.05) is 19.1 Å². The molecule has 2 aromatic carbocycles. The number of aryl methyl sites for hydroxylation is 1. The number of ketones is 1. The lowest BCUT2D eigenvalue weighted by molar-refractivity contribution is -0.141. The van der Waals surface area contributed by atoms with Crippen LogP contribution in [0.3, 0.4) is 0 Å². The van der Waals surface area contributed by atoms with E-state index in [0.29, 0.717) is 17.0 Å². The molecule has 0 fully saturated rings. The third-order valence-electron chi connectivity index (χ3n) is 4.09. The van der Waals surface area contributed by atoms with Crippen molar-refractivity contribution in [1.82, 2.24) is 0 Å². The molecule has 2 rings (SSSR count). The number of rotatable bonds is 8. The Hall–Kier alpha value is -3.68. The molecule has 8 nitrogen and oxygen atoms in total. The Labute approximate surface area is 174 Å². The Bertz CT molecular complexity index is 984. The van der Waals surface area contributed by atoms with Gasteiger partial charge in [-0.2, -0.15) is 0 Å². The van der Waals surface area contributed by atoms with Crippen molar-refractivity contribution in [3.8, 4) is 5.75 Å². The molecule has 0 aliphatic carbocycles. The Kier molecular flexibility index (Phi) is 7.69. The van der Waals surface area contributed by atoms with Crippen LogP contribution in [0.1, 0.15) is 35.3 Å². The lowest BCUT2D eigenvalue weighted by atomic mass is 10.1. The van der Waals surface area contributed by atoms with Crippen molar-refractivity contribution in [2.24, 2.45) is 0 Å². The van der Waals surface area contributed by atoms with Gasteiger partial charge < -0.3 is 20.1 Å². The highest BCUT2D eigenvalue weighted by atomic mass is 16.5. The van der Waals surface area contributed by atoms with Gasteiger partial charge in [-0.15, -0.1) is 0 Å². The van der Waals surface area contributed by atoms with Gasteiger partial charge in [-0.3, -0.25) is 19.2 Å². The number of methoxy groups -OCH3 is 1. The first-order valence-electron chi connectivity index (χ1n) is 9.21. The zero-order chi connectivity index (χ0) is 22.3. The van der Waals surface area contributed by atoms with E-state index in [4.69, 9.17) is 9.47 Å². The molecule has 0 unspecified atom stereocenters. The van der Waals surface area contributed by atoms with Crippen molar-refractivity contribution >= 4 is 34.9 Å². The number of carbonyl (C=O) groups is 4. The quantitative estimate of drug-likeness (QED) is 0.509. The van der Waals surface area contributed by atoms with Crippen molar-refractivity contribution in [1.29, 1.82) is 0 Å². The highest BCUT2D eigenvalue weighted by molar-refractivity contribution is 6.06. The first-order chi connectivity index (χ1) is 14.2. The molecule has 2 amide bonds. The van der Waals surface area contributed by atoms with Crippen LogP contribution in [0.2, 0.25) is 0 Å². The van der Waals surface area contributed by atoms with E-state index in [-0.39, 0.29) is 29.5 Å². The van der Waals surface area contributed by atoms with E-state index in [1.165, 1.54) is 39.2 Å². The van der Waals surface area contributed by atoms with Gasteiger partial charge >= 0.3 is 5.97 Å². The largest absolute Gasteiger partial charge is 0.496 e. The highest BCUT2D eigenvalue weighted by Gasteiger charge is 2.17. The fourth-order valence-corrected chi connectivity index (χ4v) is 2.84. The summed E-state index contributed by atoms with van der Waals surface area (Å²) in [5.74, 6) is -1.18. The number of hydrogen-bond donors (Lipinski definition) is 2. The number of Topliss-reactive ketones (excluding diaryl/α,β-unsaturated/α-hetero) is 1.